The minimum Gasteiger partial charge on any atom is -0.324 e. The van der Waals surface area contributed by atoms with Crippen molar-refractivity contribution in [1.82, 2.24) is 0 Å². The van der Waals surface area contributed by atoms with Gasteiger partial charge in [0.2, 0.25) is 0 Å². The molecule has 0 aromatic heterocycles. The monoisotopic (exact) mass is 272 g/mol. The summed E-state index contributed by atoms with van der Waals surface area (Å²) < 4.78 is 13.3. The molecule has 20 heavy (non-hydrogen) atoms. The lowest BCUT2D eigenvalue weighted by Gasteiger charge is -2.13. The van der Waals surface area contributed by atoms with Crippen LogP contribution >= 0.6 is 0 Å². The van der Waals surface area contributed by atoms with Gasteiger partial charge in [0.1, 0.15) is 5.82 Å². The number of nitrogens with two attached hydrogens (primary N) is 1. The first-order chi connectivity index (χ1) is 9.47. The molecule has 0 fully saturated rings. The number of para-hydroxylation sites is 1. The number of anilines is 1. The van der Waals surface area contributed by atoms with Crippen LogP contribution in [0.4, 0.5) is 10.1 Å². The first-order valence-electron chi connectivity index (χ1n) is 6.40. The lowest BCUT2D eigenvalue weighted by Crippen LogP contribution is -2.16. The molecule has 0 spiro atoms. The van der Waals surface area contributed by atoms with Crippen molar-refractivity contribution < 1.29 is 9.18 Å². The van der Waals surface area contributed by atoms with Gasteiger partial charge in [0.25, 0.3) is 5.91 Å². The van der Waals surface area contributed by atoms with E-state index in [1.165, 1.54) is 12.1 Å². The van der Waals surface area contributed by atoms with E-state index in [-0.39, 0.29) is 11.9 Å². The number of nitrogens with one attached hydrogen (secondary N) is 1. The molecule has 3 nitrogen and oxygen atoms in total. The van der Waals surface area contributed by atoms with Crippen molar-refractivity contribution in [3.05, 3.63) is 65.0 Å². The second-order valence-electron chi connectivity index (χ2n) is 4.85. The van der Waals surface area contributed by atoms with E-state index in [4.69, 9.17) is 5.73 Å². The van der Waals surface area contributed by atoms with E-state index in [0.717, 1.165) is 5.56 Å². The van der Waals surface area contributed by atoms with Gasteiger partial charge in [-0.05, 0) is 49.2 Å². The van der Waals surface area contributed by atoms with E-state index < -0.39 is 5.82 Å². The molecule has 1 atom stereocenters. The zero-order valence-corrected chi connectivity index (χ0v) is 11.5. The Morgan fingerprint density at radius 1 is 1.25 bits per heavy atom. The second-order valence-corrected chi connectivity index (χ2v) is 4.85. The van der Waals surface area contributed by atoms with E-state index in [2.05, 4.69) is 5.32 Å². The molecule has 1 unspecified atom stereocenters. The summed E-state index contributed by atoms with van der Waals surface area (Å²) in [5, 5.41) is 2.78. The van der Waals surface area contributed by atoms with Crippen LogP contribution in [0.1, 0.15) is 34.5 Å². The third-order valence-corrected chi connectivity index (χ3v) is 3.00. The smallest absolute Gasteiger partial charge is 0.255 e. The van der Waals surface area contributed by atoms with E-state index in [0.29, 0.717) is 16.8 Å². The summed E-state index contributed by atoms with van der Waals surface area (Å²) in [7, 11) is 0. The molecule has 0 aliphatic carbocycles. The number of aryl methyl sites for hydroxylation is 1. The number of amides is 1. The van der Waals surface area contributed by atoms with Crippen molar-refractivity contribution >= 4 is 11.6 Å². The molecule has 1 amide bonds. The molecule has 4 heteroatoms. The Balaban J connectivity index is 2.28. The average molecular weight is 272 g/mol. The van der Waals surface area contributed by atoms with Crippen molar-refractivity contribution in [2.45, 2.75) is 19.9 Å². The Bertz CT molecular complexity index is 618. The summed E-state index contributed by atoms with van der Waals surface area (Å²) in [6.45, 7) is 3.59. The first-order valence-corrected chi connectivity index (χ1v) is 6.40. The molecule has 0 aliphatic heterocycles. The maximum Gasteiger partial charge on any atom is 0.255 e. The average Bonchev–Trinajstić information content (AvgIpc) is 2.37. The summed E-state index contributed by atoms with van der Waals surface area (Å²) in [6.07, 6.45) is 0. The summed E-state index contributed by atoms with van der Waals surface area (Å²) in [5.74, 6) is -0.767. The van der Waals surface area contributed by atoms with Crippen molar-refractivity contribution in [2.75, 3.05) is 5.32 Å². The zero-order valence-electron chi connectivity index (χ0n) is 11.5. The van der Waals surface area contributed by atoms with Gasteiger partial charge in [-0.15, -0.1) is 0 Å². The molecule has 0 heterocycles. The third kappa shape index (κ3) is 3.22. The lowest BCUT2D eigenvalue weighted by atomic mass is 10.1. The molecule has 0 radical (unpaired) electrons. The third-order valence-electron chi connectivity index (χ3n) is 3.00. The molecule has 0 saturated carbocycles. The molecule has 0 bridgehead atoms. The first kappa shape index (κ1) is 14.2. The van der Waals surface area contributed by atoms with Gasteiger partial charge in [-0.3, -0.25) is 4.79 Å². The minimum atomic E-state index is -0.421. The Labute approximate surface area is 117 Å². The highest BCUT2D eigenvalue weighted by Crippen LogP contribution is 2.21. The number of carbonyl (C=O) groups is 1. The molecule has 2 rings (SSSR count). The van der Waals surface area contributed by atoms with Crippen LogP contribution in [0.2, 0.25) is 0 Å². The Morgan fingerprint density at radius 3 is 2.60 bits per heavy atom. The van der Waals surface area contributed by atoms with Gasteiger partial charge in [0, 0.05) is 17.3 Å². The number of hydrogen-bond donors (Lipinski definition) is 2. The Kier molecular flexibility index (Phi) is 4.15. The fourth-order valence-corrected chi connectivity index (χ4v) is 2.07. The van der Waals surface area contributed by atoms with Gasteiger partial charge in [-0.2, -0.15) is 0 Å². The van der Waals surface area contributed by atoms with Crippen LogP contribution < -0.4 is 11.1 Å². The van der Waals surface area contributed by atoms with Crippen molar-refractivity contribution in [2.24, 2.45) is 5.73 Å². The van der Waals surface area contributed by atoms with Crippen LogP contribution in [0, 0.1) is 12.7 Å². The predicted molar refractivity (Wildman–Crippen MR) is 78.1 cm³/mol. The Morgan fingerprint density at radius 2 is 1.95 bits per heavy atom. The lowest BCUT2D eigenvalue weighted by molar-refractivity contribution is 0.102. The molecule has 3 N–H and O–H groups in total. The van der Waals surface area contributed by atoms with E-state index in [1.54, 1.807) is 19.1 Å². The van der Waals surface area contributed by atoms with Gasteiger partial charge in [-0.25, -0.2) is 4.39 Å². The summed E-state index contributed by atoms with van der Waals surface area (Å²) in [6, 6.07) is 11.4. The summed E-state index contributed by atoms with van der Waals surface area (Å²) in [5.41, 5.74) is 8.35. The number of benzene rings is 2. The highest BCUT2D eigenvalue weighted by Gasteiger charge is 2.12. The SMILES string of the molecule is Cc1cc(F)cc(C(=O)Nc2ccccc2C(C)N)c1. The maximum absolute atomic E-state index is 13.3. The van der Waals surface area contributed by atoms with Crippen molar-refractivity contribution in [1.29, 1.82) is 0 Å². The second kappa shape index (κ2) is 5.84. The molecule has 2 aromatic carbocycles. The van der Waals surface area contributed by atoms with Crippen molar-refractivity contribution in [3.8, 4) is 0 Å². The topological polar surface area (TPSA) is 55.1 Å². The van der Waals surface area contributed by atoms with Gasteiger partial charge < -0.3 is 11.1 Å². The van der Waals surface area contributed by atoms with Crippen LogP contribution in [0.15, 0.2) is 42.5 Å². The van der Waals surface area contributed by atoms with Gasteiger partial charge in [0.15, 0.2) is 0 Å². The molecule has 0 saturated heterocycles. The Hall–Kier alpha value is -2.20. The molecule has 2 aromatic rings. The van der Waals surface area contributed by atoms with Crippen LogP contribution in [-0.4, -0.2) is 5.91 Å². The fraction of sp³-hybridized carbons (Fsp3) is 0.188. The number of rotatable bonds is 3. The zero-order chi connectivity index (χ0) is 14.7. The fourth-order valence-electron chi connectivity index (χ4n) is 2.07. The molecule has 0 aliphatic rings. The quantitative estimate of drug-likeness (QED) is 0.899. The van der Waals surface area contributed by atoms with Crippen LogP contribution in [-0.2, 0) is 0 Å². The molecular formula is C16H17FN2O. The summed E-state index contributed by atoms with van der Waals surface area (Å²) >= 11 is 0. The van der Waals surface area contributed by atoms with Gasteiger partial charge in [-0.1, -0.05) is 18.2 Å². The minimum absolute atomic E-state index is 0.194. The number of hydrogen-bond acceptors (Lipinski definition) is 2. The maximum atomic E-state index is 13.3. The van der Waals surface area contributed by atoms with Crippen LogP contribution in [0.5, 0.6) is 0 Å². The van der Waals surface area contributed by atoms with Crippen molar-refractivity contribution in [3.63, 3.8) is 0 Å². The number of halogens is 1. The standard InChI is InChI=1S/C16H17FN2O/c1-10-7-12(9-13(17)8-10)16(20)19-15-6-4-3-5-14(15)11(2)18/h3-9,11H,18H2,1-2H3,(H,19,20). The number of carbonyl (C=O) groups excluding carboxylic acids is 1. The van der Waals surface area contributed by atoms with E-state index in [9.17, 15) is 9.18 Å². The van der Waals surface area contributed by atoms with Gasteiger partial charge in [0.05, 0.1) is 0 Å². The van der Waals surface area contributed by atoms with Crippen LogP contribution in [0.3, 0.4) is 0 Å². The molecule has 104 valence electrons. The predicted octanol–water partition coefficient (Wildman–Crippen LogP) is 3.41. The highest BCUT2D eigenvalue weighted by molar-refractivity contribution is 6.04. The van der Waals surface area contributed by atoms with E-state index in [1.807, 2.05) is 25.1 Å². The molecular weight excluding hydrogens is 255 g/mol. The van der Waals surface area contributed by atoms with Crippen LogP contribution in [0.25, 0.3) is 0 Å². The highest BCUT2D eigenvalue weighted by atomic mass is 19.1. The summed E-state index contributed by atoms with van der Waals surface area (Å²) in [4.78, 5) is 12.2. The van der Waals surface area contributed by atoms with E-state index >= 15 is 0 Å². The normalized spacial score (nSPS) is 12.0. The van der Waals surface area contributed by atoms with Gasteiger partial charge >= 0.3 is 0 Å². The largest absolute Gasteiger partial charge is 0.324 e.